The van der Waals surface area contributed by atoms with Gasteiger partial charge in [0.1, 0.15) is 11.3 Å². The topological polar surface area (TPSA) is 25.2 Å². The summed E-state index contributed by atoms with van der Waals surface area (Å²) < 4.78 is 5.99. The fraction of sp³-hybridized carbons (Fsp3) is 0.263. The first kappa shape index (κ1) is 13.9. The number of likely N-dealkylation sites (N-methyl/N-ethyl adjacent to an activating group) is 1. The Morgan fingerprint density at radius 3 is 2.38 bits per heavy atom. The molecule has 2 heteroatoms. The Labute approximate surface area is 125 Å². The van der Waals surface area contributed by atoms with Gasteiger partial charge in [-0.1, -0.05) is 47.5 Å². The summed E-state index contributed by atoms with van der Waals surface area (Å²) in [5, 5.41) is 4.53. The van der Waals surface area contributed by atoms with Crippen LogP contribution in [-0.2, 0) is 6.42 Å². The second kappa shape index (κ2) is 5.74. The van der Waals surface area contributed by atoms with Gasteiger partial charge in [-0.3, -0.25) is 0 Å². The molecule has 1 unspecified atom stereocenters. The molecule has 2 aromatic carbocycles. The van der Waals surface area contributed by atoms with Crippen LogP contribution in [-0.4, -0.2) is 7.05 Å². The number of nitrogens with one attached hydrogen (secondary N) is 1. The van der Waals surface area contributed by atoms with Crippen molar-refractivity contribution < 1.29 is 4.42 Å². The molecule has 0 saturated carbocycles. The maximum Gasteiger partial charge on any atom is 0.134 e. The minimum absolute atomic E-state index is 0.193. The molecule has 21 heavy (non-hydrogen) atoms. The summed E-state index contributed by atoms with van der Waals surface area (Å²) in [4.78, 5) is 0. The van der Waals surface area contributed by atoms with Crippen LogP contribution in [0.1, 0.15) is 28.5 Å². The Morgan fingerprint density at radius 2 is 1.71 bits per heavy atom. The highest BCUT2D eigenvalue weighted by Gasteiger charge is 2.15. The third-order valence-electron chi connectivity index (χ3n) is 3.86. The van der Waals surface area contributed by atoms with E-state index in [0.717, 1.165) is 23.2 Å². The molecule has 0 saturated heterocycles. The van der Waals surface area contributed by atoms with Gasteiger partial charge < -0.3 is 9.73 Å². The third-order valence-corrected chi connectivity index (χ3v) is 3.86. The first-order valence-corrected chi connectivity index (χ1v) is 7.38. The van der Waals surface area contributed by atoms with Crippen molar-refractivity contribution in [2.24, 2.45) is 0 Å². The Kier molecular flexibility index (Phi) is 3.80. The first-order valence-electron chi connectivity index (χ1n) is 7.38. The molecule has 3 aromatic rings. The summed E-state index contributed by atoms with van der Waals surface area (Å²) in [6.07, 6.45) is 0.929. The van der Waals surface area contributed by atoms with Crippen LogP contribution in [0.25, 0.3) is 11.0 Å². The molecule has 1 aromatic heterocycles. The van der Waals surface area contributed by atoms with Crippen molar-refractivity contribution in [3.63, 3.8) is 0 Å². The van der Waals surface area contributed by atoms with Crippen molar-refractivity contribution in [2.75, 3.05) is 7.05 Å². The number of fused-ring (bicyclic) bond motifs is 1. The highest BCUT2D eigenvalue weighted by Crippen LogP contribution is 2.26. The molecule has 3 rings (SSSR count). The van der Waals surface area contributed by atoms with Gasteiger partial charge >= 0.3 is 0 Å². The average Bonchev–Trinajstić information content (AvgIpc) is 2.87. The van der Waals surface area contributed by atoms with Crippen LogP contribution < -0.4 is 5.32 Å². The lowest BCUT2D eigenvalue weighted by Gasteiger charge is -2.14. The van der Waals surface area contributed by atoms with Gasteiger partial charge in [-0.25, -0.2) is 0 Å². The average molecular weight is 279 g/mol. The van der Waals surface area contributed by atoms with Crippen LogP contribution in [0.3, 0.4) is 0 Å². The van der Waals surface area contributed by atoms with E-state index in [1.165, 1.54) is 16.7 Å². The summed E-state index contributed by atoms with van der Waals surface area (Å²) in [5.41, 5.74) is 4.91. The van der Waals surface area contributed by atoms with E-state index in [9.17, 15) is 0 Å². The van der Waals surface area contributed by atoms with Gasteiger partial charge in [0, 0.05) is 5.39 Å². The zero-order valence-electron chi connectivity index (χ0n) is 12.8. The van der Waals surface area contributed by atoms with Crippen LogP contribution in [0.15, 0.2) is 52.9 Å². The molecule has 0 bridgehead atoms. The predicted octanol–water partition coefficient (Wildman–Crippen LogP) is 4.55. The maximum atomic E-state index is 5.99. The lowest BCUT2D eigenvalue weighted by atomic mass is 10.00. The summed E-state index contributed by atoms with van der Waals surface area (Å²) in [5.74, 6) is 0.998. The van der Waals surface area contributed by atoms with E-state index in [0.29, 0.717) is 0 Å². The van der Waals surface area contributed by atoms with Crippen LogP contribution in [0.4, 0.5) is 0 Å². The number of hydrogen-bond acceptors (Lipinski definition) is 2. The van der Waals surface area contributed by atoms with Crippen molar-refractivity contribution in [1.29, 1.82) is 0 Å². The smallest absolute Gasteiger partial charge is 0.134 e. The van der Waals surface area contributed by atoms with E-state index < -0.39 is 0 Å². The van der Waals surface area contributed by atoms with Gasteiger partial charge in [-0.05, 0) is 45.0 Å². The molecule has 0 aliphatic rings. The van der Waals surface area contributed by atoms with E-state index in [4.69, 9.17) is 4.42 Å². The van der Waals surface area contributed by atoms with E-state index in [1.54, 1.807) is 0 Å². The van der Waals surface area contributed by atoms with Gasteiger partial charge in [0.25, 0.3) is 0 Å². The van der Waals surface area contributed by atoms with E-state index in [-0.39, 0.29) is 6.04 Å². The monoisotopic (exact) mass is 279 g/mol. The number of aryl methyl sites for hydroxylation is 2. The zero-order chi connectivity index (χ0) is 14.8. The molecular weight excluding hydrogens is 258 g/mol. The Bertz CT molecular complexity index is 704. The van der Waals surface area contributed by atoms with Gasteiger partial charge in [0.05, 0.1) is 6.04 Å². The minimum Gasteiger partial charge on any atom is -0.459 e. The maximum absolute atomic E-state index is 5.99. The molecule has 0 radical (unpaired) electrons. The fourth-order valence-electron chi connectivity index (χ4n) is 2.94. The van der Waals surface area contributed by atoms with Gasteiger partial charge in [-0.15, -0.1) is 0 Å². The molecule has 1 heterocycles. The number of rotatable bonds is 4. The fourth-order valence-corrected chi connectivity index (χ4v) is 2.94. The van der Waals surface area contributed by atoms with Crippen molar-refractivity contribution in [3.05, 3.63) is 71.0 Å². The molecule has 2 nitrogen and oxygen atoms in total. The number of furan rings is 1. The molecular formula is C19H21NO. The molecule has 0 amide bonds. The van der Waals surface area contributed by atoms with E-state index in [1.807, 2.05) is 25.2 Å². The van der Waals surface area contributed by atoms with Gasteiger partial charge in [0.15, 0.2) is 0 Å². The molecule has 1 atom stereocenters. The Balaban J connectivity index is 1.90. The van der Waals surface area contributed by atoms with Crippen molar-refractivity contribution in [1.82, 2.24) is 5.32 Å². The highest BCUT2D eigenvalue weighted by atomic mass is 16.3. The van der Waals surface area contributed by atoms with Crippen LogP contribution in [0.2, 0.25) is 0 Å². The van der Waals surface area contributed by atoms with Crippen LogP contribution in [0, 0.1) is 13.8 Å². The van der Waals surface area contributed by atoms with Crippen molar-refractivity contribution >= 4 is 11.0 Å². The summed E-state index contributed by atoms with van der Waals surface area (Å²) in [6, 6.07) is 17.2. The third kappa shape index (κ3) is 3.01. The van der Waals surface area contributed by atoms with Crippen LogP contribution >= 0.6 is 0 Å². The van der Waals surface area contributed by atoms with Crippen molar-refractivity contribution in [2.45, 2.75) is 26.3 Å². The summed E-state index contributed by atoms with van der Waals surface area (Å²) in [7, 11) is 1.99. The second-order valence-electron chi connectivity index (χ2n) is 5.73. The van der Waals surface area contributed by atoms with Crippen molar-refractivity contribution in [3.8, 4) is 0 Å². The molecule has 0 spiro atoms. The molecule has 108 valence electrons. The number of para-hydroxylation sites is 1. The summed E-state index contributed by atoms with van der Waals surface area (Å²) in [6.45, 7) is 4.29. The Morgan fingerprint density at radius 1 is 1.00 bits per heavy atom. The molecule has 0 aliphatic heterocycles. The molecule has 0 fully saturated rings. The quantitative estimate of drug-likeness (QED) is 0.757. The lowest BCUT2D eigenvalue weighted by Crippen LogP contribution is -2.18. The second-order valence-corrected chi connectivity index (χ2v) is 5.73. The predicted molar refractivity (Wildman–Crippen MR) is 87.6 cm³/mol. The Hall–Kier alpha value is -2.06. The largest absolute Gasteiger partial charge is 0.459 e. The van der Waals surface area contributed by atoms with E-state index in [2.05, 4.69) is 49.5 Å². The number of benzene rings is 2. The molecule has 1 N–H and O–H groups in total. The normalized spacial score (nSPS) is 12.7. The van der Waals surface area contributed by atoms with Gasteiger partial charge in [-0.2, -0.15) is 0 Å². The van der Waals surface area contributed by atoms with Crippen LogP contribution in [0.5, 0.6) is 0 Å². The number of hydrogen-bond donors (Lipinski definition) is 1. The minimum atomic E-state index is 0.193. The molecule has 0 aliphatic carbocycles. The SMILES string of the molecule is CNC(Cc1cc(C)cc(C)c1)c1cc2ccccc2o1. The standard InChI is InChI=1S/C19H21NO/c1-13-8-14(2)10-15(9-13)11-17(20-3)19-12-16-6-4-5-7-18(16)21-19/h4-10,12,17,20H,11H2,1-3H3. The zero-order valence-corrected chi connectivity index (χ0v) is 12.8. The lowest BCUT2D eigenvalue weighted by molar-refractivity contribution is 0.451. The van der Waals surface area contributed by atoms with Gasteiger partial charge in [0.2, 0.25) is 0 Å². The first-order chi connectivity index (χ1) is 10.2. The highest BCUT2D eigenvalue weighted by molar-refractivity contribution is 5.77. The summed E-state index contributed by atoms with van der Waals surface area (Å²) >= 11 is 0. The van der Waals surface area contributed by atoms with E-state index >= 15 is 0 Å².